The average molecular weight is 713 g/mol. The lowest BCUT2D eigenvalue weighted by Crippen LogP contribution is -2.10. The first-order valence-corrected chi connectivity index (χ1v) is 19.4. The molecule has 0 fully saturated rings. The Morgan fingerprint density at radius 3 is 1.70 bits per heavy atom. The third-order valence-electron chi connectivity index (χ3n) is 9.89. The Bertz CT molecular complexity index is 2880. The van der Waals surface area contributed by atoms with Gasteiger partial charge in [-0.05, 0) is 75.8 Å². The second-order valence-electron chi connectivity index (χ2n) is 13.2. The van der Waals surface area contributed by atoms with Crippen LogP contribution >= 0.6 is 22.7 Å². The van der Waals surface area contributed by atoms with Gasteiger partial charge in [-0.1, -0.05) is 152 Å². The van der Waals surface area contributed by atoms with Crippen LogP contribution in [0.4, 0.5) is 17.1 Å². The Labute approximate surface area is 316 Å². The van der Waals surface area contributed by atoms with Crippen molar-refractivity contribution in [3.8, 4) is 44.0 Å². The van der Waals surface area contributed by atoms with Gasteiger partial charge in [0.1, 0.15) is 5.01 Å². The number of hydrogen-bond acceptors (Lipinski definition) is 4. The molecule has 2 nitrogen and oxygen atoms in total. The van der Waals surface area contributed by atoms with Crippen molar-refractivity contribution in [3.63, 3.8) is 0 Å². The van der Waals surface area contributed by atoms with E-state index in [1.165, 1.54) is 58.3 Å². The van der Waals surface area contributed by atoms with Gasteiger partial charge in [-0.15, -0.1) is 22.7 Å². The number of anilines is 3. The highest BCUT2D eigenvalue weighted by Gasteiger charge is 2.21. The van der Waals surface area contributed by atoms with Crippen LogP contribution in [-0.4, -0.2) is 4.98 Å². The minimum atomic E-state index is 1.04. The Morgan fingerprint density at radius 2 is 0.981 bits per heavy atom. The molecule has 0 radical (unpaired) electrons. The summed E-state index contributed by atoms with van der Waals surface area (Å²) in [5, 5.41) is 3.54. The molecule has 2 heterocycles. The maximum Gasteiger partial charge on any atom is 0.124 e. The Morgan fingerprint density at radius 1 is 0.377 bits per heavy atom. The number of hydrogen-bond donors (Lipinski definition) is 0. The molecule has 8 aromatic carbocycles. The molecule has 0 aliphatic rings. The van der Waals surface area contributed by atoms with E-state index in [1.807, 2.05) is 11.3 Å². The van der Waals surface area contributed by atoms with Crippen LogP contribution < -0.4 is 4.90 Å². The summed E-state index contributed by atoms with van der Waals surface area (Å²) in [6.07, 6.45) is 0. The van der Waals surface area contributed by atoms with E-state index in [4.69, 9.17) is 4.98 Å². The lowest BCUT2D eigenvalue weighted by atomic mass is 9.93. The molecular weight excluding hydrogens is 681 g/mol. The average Bonchev–Trinajstić information content (AvgIpc) is 3.82. The first-order chi connectivity index (χ1) is 26.3. The van der Waals surface area contributed by atoms with Crippen molar-refractivity contribution in [2.45, 2.75) is 0 Å². The molecule has 250 valence electrons. The maximum atomic E-state index is 5.10. The summed E-state index contributed by atoms with van der Waals surface area (Å²) < 4.78 is 3.73. The van der Waals surface area contributed by atoms with Gasteiger partial charge in [0, 0.05) is 32.4 Å². The summed E-state index contributed by atoms with van der Waals surface area (Å²) in [6, 6.07) is 69.8. The van der Waals surface area contributed by atoms with E-state index in [9.17, 15) is 0 Å². The molecule has 0 aliphatic heterocycles. The van der Waals surface area contributed by atoms with E-state index >= 15 is 0 Å². The molecule has 0 atom stereocenters. The fourth-order valence-electron chi connectivity index (χ4n) is 7.36. The van der Waals surface area contributed by atoms with Crippen molar-refractivity contribution in [3.05, 3.63) is 194 Å². The minimum Gasteiger partial charge on any atom is -0.309 e. The fourth-order valence-corrected chi connectivity index (χ4v) is 9.66. The van der Waals surface area contributed by atoms with Gasteiger partial charge in [-0.3, -0.25) is 0 Å². The second-order valence-corrected chi connectivity index (χ2v) is 15.3. The van der Waals surface area contributed by atoms with Crippen molar-refractivity contribution < 1.29 is 0 Å². The molecule has 0 amide bonds. The fraction of sp³-hybridized carbons (Fsp3) is 0. The summed E-state index contributed by atoms with van der Waals surface area (Å²) >= 11 is 3.63. The lowest BCUT2D eigenvalue weighted by molar-refractivity contribution is 1.30. The van der Waals surface area contributed by atoms with Crippen LogP contribution in [-0.2, 0) is 0 Å². The van der Waals surface area contributed by atoms with Crippen LogP contribution in [0.25, 0.3) is 74.3 Å². The molecule has 0 unspecified atom stereocenters. The van der Waals surface area contributed by atoms with Crippen LogP contribution in [0.5, 0.6) is 0 Å². The highest BCUT2D eigenvalue weighted by Crippen LogP contribution is 2.48. The van der Waals surface area contributed by atoms with Gasteiger partial charge in [0.2, 0.25) is 0 Å². The molecule has 0 spiro atoms. The molecule has 4 heteroatoms. The smallest absolute Gasteiger partial charge is 0.124 e. The first-order valence-electron chi connectivity index (χ1n) is 17.8. The number of fused-ring (bicyclic) bond motifs is 4. The quantitative estimate of drug-likeness (QED) is 0.164. The summed E-state index contributed by atoms with van der Waals surface area (Å²) in [4.78, 5) is 7.54. The van der Waals surface area contributed by atoms with Gasteiger partial charge < -0.3 is 4.90 Å². The van der Waals surface area contributed by atoms with Gasteiger partial charge in [0.05, 0.1) is 20.6 Å². The monoisotopic (exact) mass is 712 g/mol. The van der Waals surface area contributed by atoms with Gasteiger partial charge in [-0.25, -0.2) is 4.98 Å². The highest BCUT2D eigenvalue weighted by molar-refractivity contribution is 7.27. The predicted molar refractivity (Wildman–Crippen MR) is 229 cm³/mol. The first kappa shape index (κ1) is 31.4. The van der Waals surface area contributed by atoms with Crippen LogP contribution in [0.15, 0.2) is 194 Å². The number of rotatable bonds is 7. The van der Waals surface area contributed by atoms with E-state index in [0.717, 1.165) is 33.1 Å². The third kappa shape index (κ3) is 5.79. The number of thiazole rings is 1. The highest BCUT2D eigenvalue weighted by atomic mass is 32.1. The van der Waals surface area contributed by atoms with E-state index in [1.54, 1.807) is 11.3 Å². The zero-order chi connectivity index (χ0) is 35.1. The van der Waals surface area contributed by atoms with E-state index in [2.05, 4.69) is 199 Å². The third-order valence-corrected chi connectivity index (χ3v) is 12.1. The molecule has 2 aromatic heterocycles. The van der Waals surface area contributed by atoms with Crippen LogP contribution in [0.2, 0.25) is 0 Å². The summed E-state index contributed by atoms with van der Waals surface area (Å²) in [5.74, 6) is 0. The molecule has 0 bridgehead atoms. The zero-order valence-electron chi connectivity index (χ0n) is 28.7. The van der Waals surface area contributed by atoms with Crippen molar-refractivity contribution in [1.82, 2.24) is 4.98 Å². The molecule has 0 N–H and O–H groups in total. The second kappa shape index (κ2) is 13.3. The molecule has 0 saturated carbocycles. The van der Waals surface area contributed by atoms with E-state index in [0.29, 0.717) is 0 Å². The van der Waals surface area contributed by atoms with Crippen molar-refractivity contribution in [2.24, 2.45) is 0 Å². The molecule has 10 rings (SSSR count). The van der Waals surface area contributed by atoms with Crippen LogP contribution in [0.3, 0.4) is 0 Å². The SMILES string of the molecule is c1ccc(-c2cccc(N(c3ccc(-c4ccccc4)c(-c4ccccc4)c3)c3cccc4c3sc3cc5sc(-c6ccccc6)nc5cc34)c2)cc1. The standard InChI is InChI=1S/C49H32N2S2/c1-5-15-33(16-6-1)37-23-13-24-38(29-37)51(39-27-28-40(34-17-7-2-8-18-34)42(30-39)35-19-9-3-10-20-35)45-26-14-25-41-43-31-44-47(32-46(43)52-48(41)45)53-49(50-44)36-21-11-4-12-22-36/h1-32H. The number of nitrogens with zero attached hydrogens (tertiary/aromatic N) is 2. The van der Waals surface area contributed by atoms with Gasteiger partial charge in [0.15, 0.2) is 0 Å². The predicted octanol–water partition coefficient (Wildman–Crippen LogP) is 14.8. The van der Waals surface area contributed by atoms with Crippen molar-refractivity contribution >= 4 is 70.1 Å². The van der Waals surface area contributed by atoms with E-state index < -0.39 is 0 Å². The summed E-state index contributed by atoms with van der Waals surface area (Å²) in [5.41, 5.74) is 12.7. The molecule has 53 heavy (non-hydrogen) atoms. The molecule has 0 saturated heterocycles. The van der Waals surface area contributed by atoms with Crippen LogP contribution in [0, 0.1) is 0 Å². The van der Waals surface area contributed by atoms with Gasteiger partial charge in [-0.2, -0.15) is 0 Å². The van der Waals surface area contributed by atoms with E-state index in [-0.39, 0.29) is 0 Å². The Kier molecular flexibility index (Phi) is 7.90. The summed E-state index contributed by atoms with van der Waals surface area (Å²) in [7, 11) is 0. The number of benzene rings is 8. The minimum absolute atomic E-state index is 1.04. The Balaban J connectivity index is 1.19. The lowest BCUT2D eigenvalue weighted by Gasteiger charge is -2.28. The number of thiophene rings is 1. The summed E-state index contributed by atoms with van der Waals surface area (Å²) in [6.45, 7) is 0. The van der Waals surface area contributed by atoms with Crippen molar-refractivity contribution in [1.29, 1.82) is 0 Å². The van der Waals surface area contributed by atoms with Crippen LogP contribution in [0.1, 0.15) is 0 Å². The Hall–Kier alpha value is -6.33. The maximum absolute atomic E-state index is 5.10. The zero-order valence-corrected chi connectivity index (χ0v) is 30.3. The molecular formula is C49H32N2S2. The molecule has 10 aromatic rings. The van der Waals surface area contributed by atoms with Gasteiger partial charge >= 0.3 is 0 Å². The molecule has 0 aliphatic carbocycles. The van der Waals surface area contributed by atoms with Crippen molar-refractivity contribution in [2.75, 3.05) is 4.90 Å². The number of aromatic nitrogens is 1. The normalized spacial score (nSPS) is 11.4. The van der Waals surface area contributed by atoms with Gasteiger partial charge in [0.25, 0.3) is 0 Å². The largest absolute Gasteiger partial charge is 0.309 e. The topological polar surface area (TPSA) is 16.1 Å².